The van der Waals surface area contributed by atoms with E-state index in [1.807, 2.05) is 109 Å². The van der Waals surface area contributed by atoms with Gasteiger partial charge in [-0.2, -0.15) is 0 Å². The molecule has 0 fully saturated rings. The Kier molecular flexibility index (Phi) is 32.5. The van der Waals surface area contributed by atoms with Gasteiger partial charge in [0.05, 0.1) is 78.6 Å². The molecule has 10 rings (SSSR count). The maximum atomic E-state index is 12.5. The molecule has 362 valence electrons. The molecule has 1 atom stereocenters. The SMILES string of the molecule is CC.CC.CC.CC.CC.CC(C)c1ccc2scnc2c1.CCC(C)c1ccc2scnc2c1.CCCc1ccc2scnc2c1.Clc1ccc2scnc2c1.Fc1ccc2scnc2c1. The third-order valence-corrected chi connectivity index (χ3v) is 13.4. The topological polar surface area (TPSA) is 64.5 Å². The molecule has 0 saturated heterocycles. The average molecular weight is 1020 g/mol. The molecule has 0 saturated carbocycles. The molecule has 5 heterocycles. The van der Waals surface area contributed by atoms with E-state index in [-0.39, 0.29) is 5.82 Å². The Morgan fingerprint density at radius 1 is 0.448 bits per heavy atom. The maximum Gasteiger partial charge on any atom is 0.125 e. The lowest BCUT2D eigenvalue weighted by Crippen LogP contribution is -1.89. The van der Waals surface area contributed by atoms with Crippen molar-refractivity contribution < 1.29 is 4.39 Å². The van der Waals surface area contributed by atoms with Crippen molar-refractivity contribution in [1.82, 2.24) is 24.9 Å². The van der Waals surface area contributed by atoms with Crippen molar-refractivity contribution in [3.63, 3.8) is 0 Å². The Balaban J connectivity index is 0.000000400. The third-order valence-electron chi connectivity index (χ3n) is 9.08. The fraction of sp³-hybridized carbons (Fsp3) is 0.364. The van der Waals surface area contributed by atoms with E-state index in [4.69, 9.17) is 11.6 Å². The summed E-state index contributed by atoms with van der Waals surface area (Å²) in [5.74, 6) is 1.01. The van der Waals surface area contributed by atoms with Crippen LogP contribution in [0.25, 0.3) is 51.1 Å². The van der Waals surface area contributed by atoms with Crippen LogP contribution in [0.4, 0.5) is 4.39 Å². The molecule has 5 aromatic heterocycles. The van der Waals surface area contributed by atoms with Gasteiger partial charge >= 0.3 is 0 Å². The predicted octanol–water partition coefficient (Wildman–Crippen LogP) is 21.0. The van der Waals surface area contributed by atoms with Crippen molar-refractivity contribution in [1.29, 1.82) is 0 Å². The number of hydrogen-bond acceptors (Lipinski definition) is 10. The minimum absolute atomic E-state index is 0.224. The van der Waals surface area contributed by atoms with E-state index in [1.165, 1.54) is 71.8 Å². The maximum absolute atomic E-state index is 12.5. The van der Waals surface area contributed by atoms with Crippen LogP contribution < -0.4 is 0 Å². The molecule has 0 aliphatic heterocycles. The highest BCUT2D eigenvalue weighted by atomic mass is 35.5. The van der Waals surface area contributed by atoms with Gasteiger partial charge in [-0.25, -0.2) is 29.3 Å². The summed E-state index contributed by atoms with van der Waals surface area (Å²) in [6, 6.07) is 30.0. The molecule has 0 radical (unpaired) electrons. The van der Waals surface area contributed by atoms with Gasteiger partial charge in [0.1, 0.15) is 5.82 Å². The van der Waals surface area contributed by atoms with Crippen LogP contribution in [0.2, 0.25) is 5.02 Å². The van der Waals surface area contributed by atoms with Crippen LogP contribution in [0.1, 0.15) is 145 Å². The second kappa shape index (κ2) is 35.8. The zero-order chi connectivity index (χ0) is 50.1. The zero-order valence-corrected chi connectivity index (χ0v) is 47.2. The summed E-state index contributed by atoms with van der Waals surface area (Å²) < 4.78 is 18.5. The minimum atomic E-state index is -0.224. The largest absolute Gasteiger partial charge is 0.245 e. The van der Waals surface area contributed by atoms with Gasteiger partial charge < -0.3 is 0 Å². The van der Waals surface area contributed by atoms with Crippen molar-refractivity contribution in [3.05, 3.63) is 146 Å². The normalized spacial score (nSPS) is 10.1. The van der Waals surface area contributed by atoms with E-state index in [9.17, 15) is 4.39 Å². The smallest absolute Gasteiger partial charge is 0.125 e. The van der Waals surface area contributed by atoms with Crippen LogP contribution in [-0.2, 0) is 6.42 Å². The molecule has 0 bridgehead atoms. The first-order chi connectivity index (χ1) is 32.7. The van der Waals surface area contributed by atoms with Crippen LogP contribution >= 0.6 is 68.3 Å². The summed E-state index contributed by atoms with van der Waals surface area (Å²) in [4.78, 5) is 20.9. The van der Waals surface area contributed by atoms with Crippen LogP contribution in [-0.4, -0.2) is 24.9 Å². The minimum Gasteiger partial charge on any atom is -0.245 e. The first-order valence-corrected chi connectivity index (χ1v) is 28.4. The second-order valence-electron chi connectivity index (χ2n) is 13.5. The summed E-state index contributed by atoms with van der Waals surface area (Å²) in [5, 5.41) is 0.749. The van der Waals surface area contributed by atoms with Crippen LogP contribution in [0.5, 0.6) is 0 Å². The number of benzene rings is 5. The summed E-state index contributed by atoms with van der Waals surface area (Å²) in [5.41, 5.74) is 18.6. The highest BCUT2D eigenvalue weighted by molar-refractivity contribution is 7.18. The molecule has 0 aliphatic carbocycles. The summed E-state index contributed by atoms with van der Waals surface area (Å²) in [6.07, 6.45) is 3.55. The number of halogens is 2. The monoisotopic (exact) mass is 1020 g/mol. The Labute approximate surface area is 426 Å². The Bertz CT molecular complexity index is 2700. The van der Waals surface area contributed by atoms with E-state index in [0.717, 1.165) is 43.7 Å². The molecule has 10 aromatic rings. The average Bonchev–Trinajstić information content (AvgIpc) is 4.26. The first kappa shape index (κ1) is 60.8. The Morgan fingerprint density at radius 3 is 1.24 bits per heavy atom. The molecule has 1 unspecified atom stereocenters. The van der Waals surface area contributed by atoms with E-state index in [0.29, 0.717) is 11.8 Å². The number of fused-ring (bicyclic) bond motifs is 5. The highest BCUT2D eigenvalue weighted by Gasteiger charge is 2.05. The number of rotatable bonds is 5. The molecule has 5 nitrogen and oxygen atoms in total. The molecule has 0 aliphatic rings. The molecular formula is C55H73ClFN5S5. The van der Waals surface area contributed by atoms with Crippen LogP contribution in [0.15, 0.2) is 119 Å². The molecule has 0 N–H and O–H groups in total. The van der Waals surface area contributed by atoms with Crippen molar-refractivity contribution in [3.8, 4) is 0 Å². The van der Waals surface area contributed by atoms with Crippen molar-refractivity contribution in [2.45, 2.75) is 135 Å². The van der Waals surface area contributed by atoms with Crippen LogP contribution in [0.3, 0.4) is 0 Å². The van der Waals surface area contributed by atoms with E-state index in [1.54, 1.807) is 56.9 Å². The van der Waals surface area contributed by atoms with Crippen molar-refractivity contribution in [2.24, 2.45) is 0 Å². The summed E-state index contributed by atoms with van der Waals surface area (Å²) in [6.45, 7) is 31.1. The van der Waals surface area contributed by atoms with Gasteiger partial charge in [-0.15, -0.1) is 56.7 Å². The van der Waals surface area contributed by atoms with Crippen LogP contribution in [0, 0.1) is 5.82 Å². The molecule has 0 spiro atoms. The molecule has 0 amide bonds. The lowest BCUT2D eigenvalue weighted by molar-refractivity contribution is 0.629. The van der Waals surface area contributed by atoms with Gasteiger partial charge in [-0.05, 0) is 108 Å². The van der Waals surface area contributed by atoms with Crippen molar-refractivity contribution in [2.75, 3.05) is 0 Å². The van der Waals surface area contributed by atoms with Gasteiger partial charge in [-0.1, -0.05) is 140 Å². The molecule has 5 aromatic carbocycles. The Morgan fingerprint density at radius 2 is 0.806 bits per heavy atom. The van der Waals surface area contributed by atoms with E-state index < -0.39 is 0 Å². The van der Waals surface area contributed by atoms with E-state index >= 15 is 0 Å². The summed E-state index contributed by atoms with van der Waals surface area (Å²) in [7, 11) is 0. The fourth-order valence-corrected chi connectivity index (χ4v) is 9.12. The summed E-state index contributed by atoms with van der Waals surface area (Å²) >= 11 is 14.0. The lowest BCUT2D eigenvalue weighted by Gasteiger charge is -2.07. The second-order valence-corrected chi connectivity index (χ2v) is 18.3. The number of thiazole rings is 5. The van der Waals surface area contributed by atoms with Gasteiger partial charge in [0.2, 0.25) is 0 Å². The zero-order valence-electron chi connectivity index (χ0n) is 42.4. The number of nitrogens with zero attached hydrogens (tertiary/aromatic N) is 5. The predicted molar refractivity (Wildman–Crippen MR) is 307 cm³/mol. The first-order valence-electron chi connectivity index (χ1n) is 23.7. The van der Waals surface area contributed by atoms with Gasteiger partial charge in [0.15, 0.2) is 0 Å². The third kappa shape index (κ3) is 20.5. The number of aryl methyl sites for hydroxylation is 1. The van der Waals surface area contributed by atoms with Gasteiger partial charge in [0, 0.05) is 11.1 Å². The van der Waals surface area contributed by atoms with Gasteiger partial charge in [0.25, 0.3) is 0 Å². The lowest BCUT2D eigenvalue weighted by atomic mass is 9.99. The van der Waals surface area contributed by atoms with E-state index in [2.05, 4.69) is 114 Å². The molecule has 12 heteroatoms. The standard InChI is InChI=1S/C11H13NS.2C10H11NS.C7H4ClNS.C7H4FNS.5C2H6/c1-3-8(2)9-4-5-11-10(6-9)12-7-13-11;1-7(2)8-3-4-10-9(5-8)11-6-12-10;1-2-3-8-4-5-10-9(6-8)11-7-12-10;2*8-5-1-2-7-6(3-5)9-4-10-7;5*1-2/h4-8H,3H2,1-2H3;3-7H,1-2H3;4-7H,2-3H2,1H3;2*1-4H;5*1-2H3. The quantitative estimate of drug-likeness (QED) is 0.172. The fourth-order valence-electron chi connectivity index (χ4n) is 5.66. The number of aromatic nitrogens is 5. The molecule has 67 heavy (non-hydrogen) atoms. The van der Waals surface area contributed by atoms with Gasteiger partial charge in [-0.3, -0.25) is 0 Å². The number of hydrogen-bond donors (Lipinski definition) is 0. The van der Waals surface area contributed by atoms with Crippen molar-refractivity contribution >= 4 is 119 Å². The Hall–Kier alpha value is -4.23. The highest BCUT2D eigenvalue weighted by Crippen LogP contribution is 2.26. The molecular weight excluding hydrogens is 945 g/mol.